The molecule has 0 unspecified atom stereocenters. The molecule has 0 amide bonds. The average molecular weight is 375 g/mol. The number of thioether (sulfide) groups is 1. The van der Waals surface area contributed by atoms with Crippen LogP contribution in [0.5, 0.6) is 0 Å². The van der Waals surface area contributed by atoms with Gasteiger partial charge in [0.25, 0.3) is 0 Å². The zero-order chi connectivity index (χ0) is 18.7. The molecule has 0 aliphatic heterocycles. The average Bonchev–Trinajstić information content (AvgIpc) is 2.87. The van der Waals surface area contributed by atoms with Gasteiger partial charge in [-0.2, -0.15) is 11.8 Å². The third kappa shape index (κ3) is 2.37. The van der Waals surface area contributed by atoms with Crippen LogP contribution in [0.25, 0.3) is 0 Å². The quantitative estimate of drug-likeness (QED) is 0.717. The van der Waals surface area contributed by atoms with Crippen LogP contribution in [0.1, 0.15) is 39.5 Å². The summed E-state index contributed by atoms with van der Waals surface area (Å²) >= 11 is 1.77. The van der Waals surface area contributed by atoms with Crippen LogP contribution in [0.2, 0.25) is 0 Å². The minimum Gasteiger partial charge on any atom is -0.296 e. The highest BCUT2D eigenvalue weighted by Crippen LogP contribution is 2.65. The first kappa shape index (κ1) is 18.2. The van der Waals surface area contributed by atoms with Crippen molar-refractivity contribution in [2.75, 3.05) is 11.5 Å². The van der Waals surface area contributed by atoms with Gasteiger partial charge >= 0.3 is 0 Å². The molecule has 0 aromatic heterocycles. The maximum atomic E-state index is 14.6. The van der Waals surface area contributed by atoms with E-state index in [1.54, 1.807) is 23.9 Å². The molecule has 140 valence electrons. The molecule has 0 spiro atoms. The number of fused-ring (bicyclic) bond motifs is 5. The third-order valence-corrected chi connectivity index (χ3v) is 8.67. The maximum absolute atomic E-state index is 14.6. The predicted octanol–water partition coefficient (Wildman–Crippen LogP) is 4.71. The van der Waals surface area contributed by atoms with Gasteiger partial charge in [0, 0.05) is 16.6 Å². The van der Waals surface area contributed by atoms with Gasteiger partial charge in [0.1, 0.15) is 0 Å². The minimum absolute atomic E-state index is 0.0291. The monoisotopic (exact) mass is 374 g/mol. The molecule has 2 nitrogen and oxygen atoms in total. The van der Waals surface area contributed by atoms with Crippen molar-refractivity contribution < 1.29 is 14.0 Å². The van der Waals surface area contributed by atoms with Gasteiger partial charge in [0.05, 0.1) is 0 Å². The molecule has 4 aliphatic carbocycles. The largest absolute Gasteiger partial charge is 0.296 e. The molecule has 0 saturated heterocycles. The van der Waals surface area contributed by atoms with Crippen molar-refractivity contribution in [3.05, 3.63) is 36.0 Å². The van der Waals surface area contributed by atoms with E-state index in [-0.39, 0.29) is 28.8 Å². The van der Waals surface area contributed by atoms with E-state index < -0.39 is 11.6 Å². The van der Waals surface area contributed by atoms with E-state index in [4.69, 9.17) is 0 Å². The topological polar surface area (TPSA) is 34.1 Å². The van der Waals surface area contributed by atoms with Crippen molar-refractivity contribution >= 4 is 23.3 Å². The van der Waals surface area contributed by atoms with Gasteiger partial charge in [-0.3, -0.25) is 9.59 Å². The zero-order valence-electron chi connectivity index (χ0n) is 15.6. The van der Waals surface area contributed by atoms with Gasteiger partial charge in [0.15, 0.2) is 17.7 Å². The first-order valence-electron chi connectivity index (χ1n) is 9.73. The summed E-state index contributed by atoms with van der Waals surface area (Å²) in [6.07, 6.45) is 7.01. The molecule has 4 aliphatic rings. The molecular formula is C22H27FO2S. The van der Waals surface area contributed by atoms with Crippen molar-refractivity contribution in [3.63, 3.8) is 0 Å². The number of allylic oxidation sites excluding steroid dienone is 5. The Balaban J connectivity index is 1.74. The number of carbonyl (C=O) groups is 2. The second-order valence-electron chi connectivity index (χ2n) is 8.66. The molecular weight excluding hydrogens is 347 g/mol. The fourth-order valence-electron chi connectivity index (χ4n) is 6.31. The Bertz CT molecular complexity index is 738. The van der Waals surface area contributed by atoms with Gasteiger partial charge < -0.3 is 0 Å². The first-order chi connectivity index (χ1) is 12.3. The molecule has 0 radical (unpaired) electrons. The number of hydrogen-bond acceptors (Lipinski definition) is 3. The Morgan fingerprint density at radius 2 is 2.12 bits per heavy atom. The van der Waals surface area contributed by atoms with E-state index in [2.05, 4.69) is 20.4 Å². The standard InChI is InChI=1S/C22H27FO2S/c1-4-26-12-22-8-6-16-15(18(22)11-19(23)20(22)25)9-13(2)17-10-14(24)5-7-21(16,17)3/h5,7,10,15-16,18-19H,2,4,6,8-9,11-12H2,1,3H3/t15-,16+,18+,19-,21-,22-/m1/s1. The smallest absolute Gasteiger partial charge is 0.178 e. The van der Waals surface area contributed by atoms with Gasteiger partial charge in [-0.15, -0.1) is 0 Å². The van der Waals surface area contributed by atoms with Crippen LogP contribution in [-0.4, -0.2) is 29.2 Å². The molecule has 4 rings (SSSR count). The maximum Gasteiger partial charge on any atom is 0.178 e. The van der Waals surface area contributed by atoms with Gasteiger partial charge in [-0.25, -0.2) is 4.39 Å². The summed E-state index contributed by atoms with van der Waals surface area (Å²) in [6.45, 7) is 8.56. The number of carbonyl (C=O) groups excluding carboxylic acids is 2. The Morgan fingerprint density at radius 3 is 2.85 bits per heavy atom. The normalized spacial score (nSPS) is 44.4. The molecule has 0 heterocycles. The lowest BCUT2D eigenvalue weighted by atomic mass is 9.48. The molecule has 0 aromatic carbocycles. The number of hydrogen-bond donors (Lipinski definition) is 0. The number of rotatable bonds is 3. The summed E-state index contributed by atoms with van der Waals surface area (Å²) in [5, 5.41) is 0. The highest BCUT2D eigenvalue weighted by Gasteiger charge is 2.63. The van der Waals surface area contributed by atoms with E-state index in [1.807, 2.05) is 6.08 Å². The van der Waals surface area contributed by atoms with Crippen LogP contribution in [0.4, 0.5) is 4.39 Å². The molecule has 26 heavy (non-hydrogen) atoms. The van der Waals surface area contributed by atoms with E-state index >= 15 is 0 Å². The van der Waals surface area contributed by atoms with E-state index in [0.29, 0.717) is 12.3 Å². The fraction of sp³-hybridized carbons (Fsp3) is 0.636. The SMILES string of the molecule is C=C1C[C@H]2[C@@H]3C[C@@H](F)C(=O)[C@@]3(CSCC)CC[C@@H]2[C@@]2(C)C=CC(=O)C=C12. The first-order valence-corrected chi connectivity index (χ1v) is 10.9. The summed E-state index contributed by atoms with van der Waals surface area (Å²) < 4.78 is 14.6. The van der Waals surface area contributed by atoms with Crippen LogP contribution < -0.4 is 0 Å². The number of Topliss-reactive ketones (excluding diaryl/α,β-unsaturated/α-hetero) is 1. The van der Waals surface area contributed by atoms with Crippen molar-refractivity contribution in [1.29, 1.82) is 0 Å². The minimum atomic E-state index is -1.31. The molecule has 4 heteroatoms. The lowest BCUT2D eigenvalue weighted by Gasteiger charge is -2.56. The zero-order valence-corrected chi connectivity index (χ0v) is 16.4. The van der Waals surface area contributed by atoms with Crippen LogP contribution in [0.3, 0.4) is 0 Å². The predicted molar refractivity (Wildman–Crippen MR) is 104 cm³/mol. The van der Waals surface area contributed by atoms with Gasteiger partial charge in [0.2, 0.25) is 0 Å². The summed E-state index contributed by atoms with van der Waals surface area (Å²) in [7, 11) is 0. The van der Waals surface area contributed by atoms with Crippen LogP contribution in [-0.2, 0) is 9.59 Å². The van der Waals surface area contributed by atoms with Crippen LogP contribution >= 0.6 is 11.8 Å². The lowest BCUT2D eigenvalue weighted by molar-refractivity contribution is -0.133. The second-order valence-corrected chi connectivity index (χ2v) is 9.93. The Labute approximate surface area is 159 Å². The molecule has 3 fully saturated rings. The van der Waals surface area contributed by atoms with E-state index in [9.17, 15) is 14.0 Å². The molecule has 0 N–H and O–H groups in total. The second kappa shape index (κ2) is 6.19. The van der Waals surface area contributed by atoms with Crippen molar-refractivity contribution in [3.8, 4) is 0 Å². The summed E-state index contributed by atoms with van der Waals surface area (Å²) in [5.74, 6) is 2.31. The van der Waals surface area contributed by atoms with Crippen molar-refractivity contribution in [2.45, 2.75) is 45.7 Å². The summed E-state index contributed by atoms with van der Waals surface area (Å²) in [5.41, 5.74) is 1.35. The highest BCUT2D eigenvalue weighted by atomic mass is 32.2. The molecule has 0 aromatic rings. The van der Waals surface area contributed by atoms with Gasteiger partial charge in [-0.1, -0.05) is 32.1 Å². The Hall–Kier alpha value is -1.16. The van der Waals surface area contributed by atoms with Crippen LogP contribution in [0.15, 0.2) is 36.0 Å². The van der Waals surface area contributed by atoms with E-state index in [1.165, 1.54) is 0 Å². The molecule has 6 atom stereocenters. The van der Waals surface area contributed by atoms with Crippen molar-refractivity contribution in [2.24, 2.45) is 28.6 Å². The Kier molecular flexibility index (Phi) is 4.33. The van der Waals surface area contributed by atoms with Crippen LogP contribution in [0, 0.1) is 28.6 Å². The third-order valence-electron chi connectivity index (χ3n) is 7.54. The summed E-state index contributed by atoms with van der Waals surface area (Å²) in [6, 6.07) is 0. The highest BCUT2D eigenvalue weighted by molar-refractivity contribution is 7.99. The molecule has 3 saturated carbocycles. The number of halogens is 1. The number of alkyl halides is 1. The van der Waals surface area contributed by atoms with Gasteiger partial charge in [-0.05, 0) is 66.9 Å². The van der Waals surface area contributed by atoms with Crippen molar-refractivity contribution in [1.82, 2.24) is 0 Å². The Morgan fingerprint density at radius 1 is 1.35 bits per heavy atom. The lowest BCUT2D eigenvalue weighted by Crippen LogP contribution is -2.52. The molecule has 0 bridgehead atoms. The van der Waals surface area contributed by atoms with E-state index in [0.717, 1.165) is 41.9 Å². The summed E-state index contributed by atoms with van der Waals surface area (Å²) in [4.78, 5) is 24.8. The fourth-order valence-corrected chi connectivity index (χ4v) is 7.38. The number of ketones is 2.